The van der Waals surface area contributed by atoms with E-state index in [1.54, 1.807) is 0 Å². The van der Waals surface area contributed by atoms with Gasteiger partial charge in [-0.25, -0.2) is 4.99 Å². The second kappa shape index (κ2) is 10.9. The van der Waals surface area contributed by atoms with E-state index in [0.717, 1.165) is 35.5 Å². The van der Waals surface area contributed by atoms with E-state index >= 15 is 0 Å². The monoisotopic (exact) mass is 436 g/mol. The van der Waals surface area contributed by atoms with Gasteiger partial charge in [0.1, 0.15) is 0 Å². The molecule has 4 rings (SSSR count). The van der Waals surface area contributed by atoms with Gasteiger partial charge in [-0.05, 0) is 67.2 Å². The molecule has 1 aliphatic carbocycles. The third-order valence-corrected chi connectivity index (χ3v) is 6.03. The summed E-state index contributed by atoms with van der Waals surface area (Å²) < 4.78 is 0. The van der Waals surface area contributed by atoms with Gasteiger partial charge in [-0.15, -0.1) is 0 Å². The van der Waals surface area contributed by atoms with Gasteiger partial charge in [0.25, 0.3) is 0 Å². The lowest BCUT2D eigenvalue weighted by Crippen LogP contribution is -2.21. The van der Waals surface area contributed by atoms with Gasteiger partial charge < -0.3 is 5.32 Å². The lowest BCUT2D eigenvalue weighted by Gasteiger charge is -2.19. The van der Waals surface area contributed by atoms with Gasteiger partial charge in [0.05, 0.1) is 17.1 Å². The maximum Gasteiger partial charge on any atom is 0.209 e. The lowest BCUT2D eigenvalue weighted by atomic mass is 9.92. The number of unbranched alkanes of at least 4 members (excludes halogenated alkanes) is 2. The summed E-state index contributed by atoms with van der Waals surface area (Å²) in [5, 5.41) is 3.33. The molecule has 0 spiro atoms. The number of carbonyl (C=O) groups is 1. The van der Waals surface area contributed by atoms with Crippen LogP contribution in [0.5, 0.6) is 0 Å². The number of nitrogens with zero attached hydrogens (tertiary/aromatic N) is 1. The van der Waals surface area contributed by atoms with E-state index in [9.17, 15) is 4.79 Å². The molecule has 1 N–H and O–H groups in total. The van der Waals surface area contributed by atoms with Crippen molar-refractivity contribution < 1.29 is 4.79 Å². The smallest absolute Gasteiger partial charge is 0.209 e. The Morgan fingerprint density at radius 3 is 1.91 bits per heavy atom. The second-order valence-electron chi connectivity index (χ2n) is 8.63. The van der Waals surface area contributed by atoms with Gasteiger partial charge in [-0.3, -0.25) is 4.79 Å². The molecule has 168 valence electrons. The zero-order chi connectivity index (χ0) is 23.0. The number of aliphatic imine (C=N–C) groups is 1. The molecule has 0 heterocycles. The third-order valence-electron chi connectivity index (χ3n) is 6.03. The average Bonchev–Trinajstić information content (AvgIpc) is 2.86. The molecule has 0 saturated heterocycles. The molecule has 3 heteroatoms. The fourth-order valence-electron chi connectivity index (χ4n) is 4.06. The highest BCUT2D eigenvalue weighted by molar-refractivity contribution is 6.27. The van der Waals surface area contributed by atoms with E-state index in [4.69, 9.17) is 4.99 Å². The predicted molar refractivity (Wildman–Crippen MR) is 139 cm³/mol. The first-order chi connectivity index (χ1) is 16.2. The SMILES string of the molecule is CCCCc1ccc(N=C2C=C(Nc3ccc(CCCC)cc3)C(=O)c3ccccc32)cc1. The van der Waals surface area contributed by atoms with Gasteiger partial charge in [-0.2, -0.15) is 0 Å². The summed E-state index contributed by atoms with van der Waals surface area (Å²) in [6, 6.07) is 24.5. The molecule has 0 amide bonds. The molecule has 3 aromatic rings. The number of fused-ring (bicyclic) bond motifs is 1. The molecular weight excluding hydrogens is 404 g/mol. The van der Waals surface area contributed by atoms with Crippen molar-refractivity contribution in [3.05, 3.63) is 107 Å². The number of rotatable bonds is 9. The molecule has 0 aliphatic heterocycles. The number of nitrogens with one attached hydrogen (secondary N) is 1. The molecule has 0 radical (unpaired) electrons. The van der Waals surface area contributed by atoms with Crippen molar-refractivity contribution >= 4 is 22.9 Å². The van der Waals surface area contributed by atoms with Gasteiger partial charge >= 0.3 is 0 Å². The highest BCUT2D eigenvalue weighted by Crippen LogP contribution is 2.26. The molecular formula is C30H32N2O. The van der Waals surface area contributed by atoms with Gasteiger partial charge in [0.15, 0.2) is 0 Å². The lowest BCUT2D eigenvalue weighted by molar-refractivity contribution is 0.103. The Bertz CT molecular complexity index is 1150. The molecule has 0 fully saturated rings. The number of Topliss-reactive ketones (excluding diaryl/α,β-unsaturated/α-hetero) is 1. The van der Waals surface area contributed by atoms with Crippen LogP contribution in [0.1, 0.15) is 66.6 Å². The van der Waals surface area contributed by atoms with Crippen LogP contribution in [0.15, 0.2) is 89.6 Å². The highest BCUT2D eigenvalue weighted by atomic mass is 16.1. The fourth-order valence-corrected chi connectivity index (χ4v) is 4.06. The van der Waals surface area contributed by atoms with Crippen LogP contribution in [0.3, 0.4) is 0 Å². The summed E-state index contributed by atoms with van der Waals surface area (Å²) in [6.45, 7) is 4.41. The minimum Gasteiger partial charge on any atom is -0.352 e. The van der Waals surface area contributed by atoms with E-state index in [1.807, 2.05) is 42.5 Å². The Morgan fingerprint density at radius 1 is 0.727 bits per heavy atom. The molecule has 0 atom stereocenters. The minimum atomic E-state index is -0.00507. The number of benzene rings is 3. The van der Waals surface area contributed by atoms with E-state index in [0.29, 0.717) is 11.3 Å². The molecule has 0 saturated carbocycles. The van der Waals surface area contributed by atoms with Crippen molar-refractivity contribution in [2.24, 2.45) is 4.99 Å². The van der Waals surface area contributed by atoms with Crippen molar-refractivity contribution in [3.8, 4) is 0 Å². The number of allylic oxidation sites excluding steroid dienone is 2. The molecule has 0 bridgehead atoms. The average molecular weight is 437 g/mol. The summed E-state index contributed by atoms with van der Waals surface area (Å²) >= 11 is 0. The van der Waals surface area contributed by atoms with Crippen LogP contribution in [0.25, 0.3) is 0 Å². The standard InChI is InChI=1S/C30H32N2O/c1-3-5-9-22-13-17-24(18-14-22)31-28-21-29(30(33)27-12-8-7-11-26(27)28)32-25-19-15-23(16-20-25)10-6-4-2/h7-8,11-21,32H,3-6,9-10H2,1-2H3. The quantitative estimate of drug-likeness (QED) is 0.374. The van der Waals surface area contributed by atoms with Crippen molar-refractivity contribution in [1.29, 1.82) is 0 Å². The van der Waals surface area contributed by atoms with Crippen LogP contribution in [0.2, 0.25) is 0 Å². The highest BCUT2D eigenvalue weighted by Gasteiger charge is 2.24. The number of hydrogen-bond acceptors (Lipinski definition) is 3. The summed E-state index contributed by atoms with van der Waals surface area (Å²) in [4.78, 5) is 18.1. The zero-order valence-corrected chi connectivity index (χ0v) is 19.6. The van der Waals surface area contributed by atoms with Gasteiger partial charge in [0, 0.05) is 16.8 Å². The molecule has 3 nitrogen and oxygen atoms in total. The Morgan fingerprint density at radius 2 is 1.30 bits per heavy atom. The van der Waals surface area contributed by atoms with E-state index in [-0.39, 0.29) is 5.78 Å². The number of hydrogen-bond donors (Lipinski definition) is 1. The number of ketones is 1. The maximum atomic E-state index is 13.2. The molecule has 0 unspecified atom stereocenters. The zero-order valence-electron chi connectivity index (χ0n) is 19.6. The maximum absolute atomic E-state index is 13.2. The number of anilines is 1. The Balaban J connectivity index is 1.61. The number of carbonyl (C=O) groups excluding carboxylic acids is 1. The molecule has 3 aromatic carbocycles. The van der Waals surface area contributed by atoms with Gasteiger partial charge in [-0.1, -0.05) is 75.2 Å². The summed E-state index contributed by atoms with van der Waals surface area (Å²) in [5.74, 6) is -0.00507. The van der Waals surface area contributed by atoms with Crippen LogP contribution >= 0.6 is 0 Å². The van der Waals surface area contributed by atoms with Crippen molar-refractivity contribution in [2.75, 3.05) is 5.32 Å². The summed E-state index contributed by atoms with van der Waals surface area (Å²) in [7, 11) is 0. The van der Waals surface area contributed by atoms with E-state index in [2.05, 4.69) is 55.6 Å². The minimum absolute atomic E-state index is 0.00507. The van der Waals surface area contributed by atoms with Crippen LogP contribution in [-0.2, 0) is 12.8 Å². The van der Waals surface area contributed by atoms with Crippen molar-refractivity contribution in [1.82, 2.24) is 0 Å². The first kappa shape index (κ1) is 22.7. The normalized spacial score (nSPS) is 14.2. The molecule has 0 aromatic heterocycles. The molecule has 33 heavy (non-hydrogen) atoms. The summed E-state index contributed by atoms with van der Waals surface area (Å²) in [6.07, 6.45) is 8.81. The van der Waals surface area contributed by atoms with Crippen LogP contribution in [0, 0.1) is 0 Å². The Labute approximate surface area is 197 Å². The third kappa shape index (κ3) is 5.67. The van der Waals surface area contributed by atoms with Crippen LogP contribution < -0.4 is 5.32 Å². The van der Waals surface area contributed by atoms with Crippen LogP contribution in [0.4, 0.5) is 11.4 Å². The summed E-state index contributed by atoms with van der Waals surface area (Å²) in [5.41, 5.74) is 7.36. The largest absolute Gasteiger partial charge is 0.352 e. The first-order valence-electron chi connectivity index (χ1n) is 12.1. The van der Waals surface area contributed by atoms with Gasteiger partial charge in [0.2, 0.25) is 5.78 Å². The topological polar surface area (TPSA) is 41.5 Å². The van der Waals surface area contributed by atoms with E-state index < -0.39 is 0 Å². The Hall–Kier alpha value is -3.46. The van der Waals surface area contributed by atoms with Crippen molar-refractivity contribution in [2.45, 2.75) is 52.4 Å². The first-order valence-corrected chi connectivity index (χ1v) is 12.1. The second-order valence-corrected chi connectivity index (χ2v) is 8.63. The Kier molecular flexibility index (Phi) is 7.51. The van der Waals surface area contributed by atoms with E-state index in [1.165, 1.54) is 36.8 Å². The predicted octanol–water partition coefficient (Wildman–Crippen LogP) is 7.68. The number of aryl methyl sites for hydroxylation is 2. The van der Waals surface area contributed by atoms with Crippen molar-refractivity contribution in [3.63, 3.8) is 0 Å². The van der Waals surface area contributed by atoms with Crippen LogP contribution in [-0.4, -0.2) is 11.5 Å². The molecule has 1 aliphatic rings. The fraction of sp³-hybridized carbons (Fsp3) is 0.267.